The third-order valence-electron chi connectivity index (χ3n) is 2.49. The molecule has 0 radical (unpaired) electrons. The summed E-state index contributed by atoms with van der Waals surface area (Å²) < 4.78 is 2.66. The van der Waals surface area contributed by atoms with E-state index in [0.717, 1.165) is 27.7 Å². The number of hydrogen-bond acceptors (Lipinski definition) is 4. The Morgan fingerprint density at radius 3 is 2.90 bits per heavy atom. The maximum atomic E-state index is 10.7. The van der Waals surface area contributed by atoms with Crippen LogP contribution in [0.4, 0.5) is 0 Å². The van der Waals surface area contributed by atoms with Gasteiger partial charge in [0.25, 0.3) is 0 Å². The fraction of sp³-hybridized carbons (Fsp3) is 0.250. The lowest BCUT2D eigenvalue weighted by atomic mass is 10.3. The summed E-state index contributed by atoms with van der Waals surface area (Å²) in [7, 11) is 0. The number of aryl methyl sites for hydroxylation is 1. The molecule has 5 nitrogen and oxygen atoms in total. The standard InChI is InChI=1S/C12H11BrClN3O2S/c1-2-10-15-16-12(20-6-11(18)19)17(10)9-5-7(14)3-4-8(9)13/h3-5H,2,6H2,1H3,(H,18,19). The van der Waals surface area contributed by atoms with Gasteiger partial charge in [0.2, 0.25) is 0 Å². The van der Waals surface area contributed by atoms with E-state index in [9.17, 15) is 4.79 Å². The first-order chi connectivity index (χ1) is 9.52. The van der Waals surface area contributed by atoms with Crippen molar-refractivity contribution in [1.82, 2.24) is 14.8 Å². The lowest BCUT2D eigenvalue weighted by molar-refractivity contribution is -0.133. The molecule has 0 atom stereocenters. The zero-order valence-electron chi connectivity index (χ0n) is 10.5. The van der Waals surface area contributed by atoms with Crippen LogP contribution in [0.3, 0.4) is 0 Å². The van der Waals surface area contributed by atoms with Gasteiger partial charge < -0.3 is 5.11 Å². The zero-order valence-corrected chi connectivity index (χ0v) is 13.7. The molecule has 0 fully saturated rings. The van der Waals surface area contributed by atoms with Crippen molar-refractivity contribution in [2.24, 2.45) is 0 Å². The number of carboxylic acid groups (broad SMARTS) is 1. The molecule has 0 saturated heterocycles. The molecule has 0 unspecified atom stereocenters. The van der Waals surface area contributed by atoms with Gasteiger partial charge in [-0.15, -0.1) is 10.2 Å². The van der Waals surface area contributed by atoms with Crippen molar-refractivity contribution in [3.63, 3.8) is 0 Å². The fourth-order valence-corrected chi connectivity index (χ4v) is 2.92. The van der Waals surface area contributed by atoms with Crippen molar-refractivity contribution in [1.29, 1.82) is 0 Å². The number of thioether (sulfide) groups is 1. The van der Waals surface area contributed by atoms with Crippen LogP contribution in [0.1, 0.15) is 12.7 Å². The Morgan fingerprint density at radius 1 is 1.50 bits per heavy atom. The van der Waals surface area contributed by atoms with E-state index >= 15 is 0 Å². The van der Waals surface area contributed by atoms with Crippen LogP contribution >= 0.6 is 39.3 Å². The summed E-state index contributed by atoms with van der Waals surface area (Å²) in [5.41, 5.74) is 0.798. The van der Waals surface area contributed by atoms with E-state index < -0.39 is 5.97 Å². The van der Waals surface area contributed by atoms with Crippen molar-refractivity contribution in [3.8, 4) is 5.69 Å². The monoisotopic (exact) mass is 375 g/mol. The van der Waals surface area contributed by atoms with E-state index in [2.05, 4.69) is 26.1 Å². The average molecular weight is 377 g/mol. The first kappa shape index (κ1) is 15.3. The van der Waals surface area contributed by atoms with E-state index in [1.54, 1.807) is 12.1 Å². The van der Waals surface area contributed by atoms with Crippen LogP contribution in [0.25, 0.3) is 5.69 Å². The van der Waals surface area contributed by atoms with Gasteiger partial charge in [0.05, 0.1) is 11.4 Å². The lowest BCUT2D eigenvalue weighted by Crippen LogP contribution is -2.05. The van der Waals surface area contributed by atoms with Gasteiger partial charge in [0, 0.05) is 15.9 Å². The van der Waals surface area contributed by atoms with E-state index in [4.69, 9.17) is 16.7 Å². The largest absolute Gasteiger partial charge is 0.481 e. The number of benzene rings is 1. The Kier molecular flexibility index (Phi) is 5.06. The second-order valence-corrected chi connectivity index (χ2v) is 6.10. The predicted molar refractivity (Wildman–Crippen MR) is 81.8 cm³/mol. The number of rotatable bonds is 5. The lowest BCUT2D eigenvalue weighted by Gasteiger charge is -2.11. The van der Waals surface area contributed by atoms with Gasteiger partial charge in [-0.1, -0.05) is 30.3 Å². The summed E-state index contributed by atoms with van der Waals surface area (Å²) in [5, 5.41) is 18.1. The molecule has 0 bridgehead atoms. The van der Waals surface area contributed by atoms with Crippen molar-refractivity contribution in [2.45, 2.75) is 18.5 Å². The van der Waals surface area contributed by atoms with Gasteiger partial charge in [-0.2, -0.15) is 0 Å². The minimum atomic E-state index is -0.896. The molecule has 0 amide bonds. The number of hydrogen-bond donors (Lipinski definition) is 1. The summed E-state index contributed by atoms with van der Waals surface area (Å²) in [4.78, 5) is 10.7. The summed E-state index contributed by atoms with van der Waals surface area (Å²) in [5.74, 6) is -0.214. The van der Waals surface area contributed by atoms with E-state index in [-0.39, 0.29) is 5.75 Å². The van der Waals surface area contributed by atoms with Crippen molar-refractivity contribution in [2.75, 3.05) is 5.75 Å². The van der Waals surface area contributed by atoms with Gasteiger partial charge >= 0.3 is 5.97 Å². The Balaban J connectivity index is 2.50. The quantitative estimate of drug-likeness (QED) is 0.810. The molecule has 0 aliphatic rings. The first-order valence-corrected chi connectivity index (χ1v) is 7.93. The number of halogens is 2. The number of aromatic nitrogens is 3. The van der Waals surface area contributed by atoms with Crippen LogP contribution in [0.5, 0.6) is 0 Å². The van der Waals surface area contributed by atoms with Crippen molar-refractivity contribution in [3.05, 3.63) is 33.5 Å². The van der Waals surface area contributed by atoms with E-state index in [0.29, 0.717) is 16.6 Å². The van der Waals surface area contributed by atoms with Gasteiger partial charge in [0.15, 0.2) is 5.16 Å². The summed E-state index contributed by atoms with van der Waals surface area (Å²) in [6.07, 6.45) is 0.680. The van der Waals surface area contributed by atoms with E-state index in [1.807, 2.05) is 17.6 Å². The van der Waals surface area contributed by atoms with Crippen LogP contribution in [-0.2, 0) is 11.2 Å². The minimum absolute atomic E-state index is 0.0694. The smallest absolute Gasteiger partial charge is 0.313 e. The Bertz CT molecular complexity index is 648. The molecule has 2 rings (SSSR count). The highest BCUT2D eigenvalue weighted by Crippen LogP contribution is 2.29. The Morgan fingerprint density at radius 2 is 2.25 bits per heavy atom. The normalized spacial score (nSPS) is 10.8. The zero-order chi connectivity index (χ0) is 14.7. The van der Waals surface area contributed by atoms with Crippen LogP contribution in [0, 0.1) is 0 Å². The molecule has 1 N–H and O–H groups in total. The second kappa shape index (κ2) is 6.60. The predicted octanol–water partition coefficient (Wildman–Crippen LogP) is 3.42. The third kappa shape index (κ3) is 3.34. The number of nitrogens with zero attached hydrogens (tertiary/aromatic N) is 3. The molecule has 0 saturated carbocycles. The molecule has 0 spiro atoms. The van der Waals surface area contributed by atoms with Crippen LogP contribution in [0.15, 0.2) is 27.8 Å². The molecule has 0 aliphatic carbocycles. The van der Waals surface area contributed by atoms with Crippen LogP contribution in [-0.4, -0.2) is 31.6 Å². The van der Waals surface area contributed by atoms with Gasteiger partial charge in [-0.3, -0.25) is 9.36 Å². The summed E-state index contributed by atoms with van der Waals surface area (Å²) in [6.45, 7) is 1.96. The molecular weight excluding hydrogens is 366 g/mol. The van der Waals surface area contributed by atoms with Gasteiger partial charge in [-0.05, 0) is 34.1 Å². The van der Waals surface area contributed by atoms with Gasteiger partial charge in [-0.25, -0.2) is 0 Å². The molecule has 1 aromatic heterocycles. The molecule has 20 heavy (non-hydrogen) atoms. The van der Waals surface area contributed by atoms with Crippen LogP contribution < -0.4 is 0 Å². The molecular formula is C12H11BrClN3O2S. The van der Waals surface area contributed by atoms with Gasteiger partial charge in [0.1, 0.15) is 5.82 Å². The van der Waals surface area contributed by atoms with E-state index in [1.165, 1.54) is 0 Å². The second-order valence-electron chi connectivity index (χ2n) is 3.87. The third-order valence-corrected chi connectivity index (χ3v) is 4.31. The fourth-order valence-electron chi connectivity index (χ4n) is 1.65. The molecule has 106 valence electrons. The Labute approximate surface area is 133 Å². The molecule has 8 heteroatoms. The first-order valence-electron chi connectivity index (χ1n) is 5.77. The SMILES string of the molecule is CCc1nnc(SCC(=O)O)n1-c1cc(Cl)ccc1Br. The molecule has 1 aromatic carbocycles. The number of carbonyl (C=O) groups is 1. The highest BCUT2D eigenvalue weighted by Gasteiger charge is 2.16. The summed E-state index contributed by atoms with van der Waals surface area (Å²) in [6, 6.07) is 5.40. The maximum absolute atomic E-state index is 10.7. The summed E-state index contributed by atoms with van der Waals surface area (Å²) >= 11 is 10.6. The number of aliphatic carboxylic acids is 1. The van der Waals surface area contributed by atoms with Crippen molar-refractivity contribution < 1.29 is 9.90 Å². The topological polar surface area (TPSA) is 68.0 Å². The number of carboxylic acids is 1. The maximum Gasteiger partial charge on any atom is 0.313 e. The molecule has 0 aliphatic heterocycles. The Hall–Kier alpha value is -1.05. The molecule has 2 aromatic rings. The van der Waals surface area contributed by atoms with Crippen LogP contribution in [0.2, 0.25) is 5.02 Å². The van der Waals surface area contributed by atoms with Crippen molar-refractivity contribution >= 4 is 45.3 Å². The highest BCUT2D eigenvalue weighted by atomic mass is 79.9. The average Bonchev–Trinajstić information content (AvgIpc) is 2.82. The highest BCUT2D eigenvalue weighted by molar-refractivity contribution is 9.10. The molecule has 1 heterocycles. The minimum Gasteiger partial charge on any atom is -0.481 e.